The molecule has 2 nitrogen and oxygen atoms in total. The first-order valence-corrected chi connectivity index (χ1v) is 3.59. The fourth-order valence-corrected chi connectivity index (χ4v) is 0.897. The molecule has 1 atom stereocenters. The van der Waals surface area contributed by atoms with Crippen molar-refractivity contribution in [2.45, 2.75) is 5.13 Å². The van der Waals surface area contributed by atoms with Crippen LogP contribution in [0.2, 0.25) is 0 Å². The third kappa shape index (κ3) is 1.56. The summed E-state index contributed by atoms with van der Waals surface area (Å²) in [6, 6.07) is 7.34. The molecule has 1 rings (SSSR count). The van der Waals surface area contributed by atoms with Crippen molar-refractivity contribution in [2.75, 3.05) is 0 Å². The van der Waals surface area contributed by atoms with E-state index in [9.17, 15) is 9.18 Å². The highest BCUT2D eigenvalue weighted by molar-refractivity contribution is 6.32. The standard InChI is InChI=1S/C8H6ClFO2/c9-8(10,7(11)12)6-4-2-1-3-5-6/h1-5H,(H,11,12)/t8-/m1/s1. The van der Waals surface area contributed by atoms with Crippen LogP contribution in [-0.2, 0) is 9.92 Å². The van der Waals surface area contributed by atoms with Crippen LogP contribution in [0.15, 0.2) is 30.3 Å². The topological polar surface area (TPSA) is 37.3 Å². The van der Waals surface area contributed by atoms with E-state index in [1.54, 1.807) is 6.07 Å². The zero-order valence-corrected chi connectivity index (χ0v) is 6.75. The third-order valence-corrected chi connectivity index (χ3v) is 1.78. The summed E-state index contributed by atoms with van der Waals surface area (Å²) < 4.78 is 13.1. The molecule has 0 unspecified atom stereocenters. The monoisotopic (exact) mass is 188 g/mol. The summed E-state index contributed by atoms with van der Waals surface area (Å²) in [6.07, 6.45) is 0. The number of carboxylic acids is 1. The number of carboxylic acid groups (broad SMARTS) is 1. The molecule has 0 spiro atoms. The SMILES string of the molecule is O=C(O)[C@@](F)(Cl)c1ccccc1. The average Bonchev–Trinajstić information content (AvgIpc) is 2.06. The van der Waals surface area contributed by atoms with Gasteiger partial charge in [0.25, 0.3) is 0 Å². The van der Waals surface area contributed by atoms with Crippen LogP contribution in [0.25, 0.3) is 0 Å². The Labute approximate surface area is 73.6 Å². The van der Waals surface area contributed by atoms with E-state index in [2.05, 4.69) is 0 Å². The summed E-state index contributed by atoms with van der Waals surface area (Å²) in [7, 11) is 0. The van der Waals surface area contributed by atoms with Crippen molar-refractivity contribution in [3.63, 3.8) is 0 Å². The Morgan fingerprint density at radius 2 is 1.92 bits per heavy atom. The third-order valence-electron chi connectivity index (χ3n) is 1.40. The van der Waals surface area contributed by atoms with E-state index in [0.29, 0.717) is 0 Å². The van der Waals surface area contributed by atoms with Gasteiger partial charge < -0.3 is 5.11 Å². The van der Waals surface area contributed by atoms with Crippen molar-refractivity contribution >= 4 is 17.6 Å². The van der Waals surface area contributed by atoms with Crippen molar-refractivity contribution in [2.24, 2.45) is 0 Å². The Morgan fingerprint density at radius 3 is 2.33 bits per heavy atom. The molecule has 0 fully saturated rings. The normalized spacial score (nSPS) is 15.2. The lowest BCUT2D eigenvalue weighted by Gasteiger charge is -2.11. The first-order chi connectivity index (χ1) is 5.55. The second-order valence-electron chi connectivity index (χ2n) is 2.25. The first-order valence-electron chi connectivity index (χ1n) is 3.22. The minimum atomic E-state index is -2.82. The van der Waals surface area contributed by atoms with Crippen LogP contribution >= 0.6 is 11.6 Å². The number of rotatable bonds is 2. The molecule has 4 heteroatoms. The van der Waals surface area contributed by atoms with E-state index >= 15 is 0 Å². The molecule has 0 amide bonds. The number of hydrogen-bond acceptors (Lipinski definition) is 1. The maximum absolute atomic E-state index is 13.1. The predicted octanol–water partition coefficient (Wildman–Crippen LogP) is 2.13. The lowest BCUT2D eigenvalue weighted by molar-refractivity contribution is -0.145. The van der Waals surface area contributed by atoms with Crippen LogP contribution < -0.4 is 0 Å². The largest absolute Gasteiger partial charge is 0.478 e. The van der Waals surface area contributed by atoms with E-state index in [1.165, 1.54) is 24.3 Å². The minimum absolute atomic E-state index is 0.0702. The number of benzene rings is 1. The molecule has 1 aromatic carbocycles. The molecule has 1 N–H and O–H groups in total. The molecule has 0 aliphatic heterocycles. The highest BCUT2D eigenvalue weighted by Gasteiger charge is 2.37. The van der Waals surface area contributed by atoms with Gasteiger partial charge in [-0.2, -0.15) is 0 Å². The Bertz CT molecular complexity index is 284. The van der Waals surface area contributed by atoms with Gasteiger partial charge in [-0.1, -0.05) is 41.9 Å². The number of alkyl halides is 2. The van der Waals surface area contributed by atoms with Gasteiger partial charge >= 0.3 is 11.1 Å². The zero-order valence-electron chi connectivity index (χ0n) is 6.00. The van der Waals surface area contributed by atoms with Crippen LogP contribution in [0.3, 0.4) is 0 Å². The minimum Gasteiger partial charge on any atom is -0.478 e. The van der Waals surface area contributed by atoms with Gasteiger partial charge in [-0.15, -0.1) is 0 Å². The van der Waals surface area contributed by atoms with Crippen molar-refractivity contribution in [3.05, 3.63) is 35.9 Å². The summed E-state index contributed by atoms with van der Waals surface area (Å²) in [5.41, 5.74) is -0.0702. The molecular formula is C8H6ClFO2. The second kappa shape index (κ2) is 3.11. The summed E-state index contributed by atoms with van der Waals surface area (Å²) in [4.78, 5) is 10.3. The van der Waals surface area contributed by atoms with Gasteiger partial charge in [0.1, 0.15) is 0 Å². The van der Waals surface area contributed by atoms with E-state index in [4.69, 9.17) is 16.7 Å². The smallest absolute Gasteiger partial charge is 0.362 e. The van der Waals surface area contributed by atoms with Crippen LogP contribution in [0.5, 0.6) is 0 Å². The van der Waals surface area contributed by atoms with Gasteiger partial charge in [-0.3, -0.25) is 0 Å². The highest BCUT2D eigenvalue weighted by atomic mass is 35.5. The molecule has 64 valence electrons. The lowest BCUT2D eigenvalue weighted by atomic mass is 10.1. The molecule has 12 heavy (non-hydrogen) atoms. The van der Waals surface area contributed by atoms with Gasteiger partial charge in [-0.25, -0.2) is 9.18 Å². The van der Waals surface area contributed by atoms with Gasteiger partial charge in [-0.05, 0) is 0 Å². The summed E-state index contributed by atoms with van der Waals surface area (Å²) in [5, 5.41) is 5.57. The molecule has 0 aromatic heterocycles. The van der Waals surface area contributed by atoms with E-state index in [-0.39, 0.29) is 5.56 Å². The number of hydrogen-bond donors (Lipinski definition) is 1. The number of halogens is 2. The maximum Gasteiger partial charge on any atom is 0.362 e. The van der Waals surface area contributed by atoms with Gasteiger partial charge in [0, 0.05) is 5.56 Å². The molecule has 1 aromatic rings. The van der Waals surface area contributed by atoms with Gasteiger partial charge in [0.05, 0.1) is 0 Å². The molecule has 0 aliphatic carbocycles. The van der Waals surface area contributed by atoms with Crippen molar-refractivity contribution in [1.82, 2.24) is 0 Å². The number of carbonyl (C=O) groups is 1. The zero-order chi connectivity index (χ0) is 9.19. The van der Waals surface area contributed by atoms with E-state index in [0.717, 1.165) is 0 Å². The van der Waals surface area contributed by atoms with E-state index in [1.807, 2.05) is 0 Å². The predicted molar refractivity (Wildman–Crippen MR) is 42.7 cm³/mol. The van der Waals surface area contributed by atoms with Gasteiger partial charge in [0.2, 0.25) is 0 Å². The van der Waals surface area contributed by atoms with E-state index < -0.39 is 11.1 Å². The van der Waals surface area contributed by atoms with Crippen LogP contribution in [0, 0.1) is 0 Å². The first kappa shape index (κ1) is 9.00. The van der Waals surface area contributed by atoms with Crippen LogP contribution in [0.4, 0.5) is 4.39 Å². The molecule has 0 radical (unpaired) electrons. The quantitative estimate of drug-likeness (QED) is 0.722. The maximum atomic E-state index is 13.1. The fraction of sp³-hybridized carbons (Fsp3) is 0.125. The summed E-state index contributed by atoms with van der Waals surface area (Å²) in [6.45, 7) is 0. The van der Waals surface area contributed by atoms with Crippen LogP contribution in [-0.4, -0.2) is 11.1 Å². The summed E-state index contributed by atoms with van der Waals surface area (Å²) in [5.74, 6) is -1.70. The molecule has 0 heterocycles. The molecular weight excluding hydrogens is 183 g/mol. The van der Waals surface area contributed by atoms with Gasteiger partial charge in [0.15, 0.2) is 0 Å². The Balaban J connectivity index is 3.06. The molecule has 0 saturated heterocycles. The van der Waals surface area contributed by atoms with Crippen molar-refractivity contribution < 1.29 is 14.3 Å². The molecule has 0 aliphatic rings. The average molecular weight is 189 g/mol. The Kier molecular flexibility index (Phi) is 2.33. The van der Waals surface area contributed by atoms with Crippen molar-refractivity contribution in [1.29, 1.82) is 0 Å². The van der Waals surface area contributed by atoms with Crippen molar-refractivity contribution in [3.8, 4) is 0 Å². The Morgan fingerprint density at radius 1 is 1.42 bits per heavy atom. The Hall–Kier alpha value is -1.09. The summed E-state index contributed by atoms with van der Waals surface area (Å²) >= 11 is 5.13. The number of aliphatic carboxylic acids is 1. The molecule has 0 bridgehead atoms. The highest BCUT2D eigenvalue weighted by Crippen LogP contribution is 2.30. The second-order valence-corrected chi connectivity index (χ2v) is 2.77. The molecule has 0 saturated carbocycles. The fourth-order valence-electron chi connectivity index (χ4n) is 0.771. The lowest BCUT2D eigenvalue weighted by Crippen LogP contribution is -2.23. The van der Waals surface area contributed by atoms with Crippen LogP contribution in [0.1, 0.15) is 5.56 Å².